The highest BCUT2D eigenvalue weighted by Gasteiger charge is 2.20. The number of anilines is 2. The number of aromatic nitrogens is 5. The summed E-state index contributed by atoms with van der Waals surface area (Å²) in [5.74, 6) is -1.19. The Morgan fingerprint density at radius 3 is 2.50 bits per heavy atom. The van der Waals surface area contributed by atoms with Gasteiger partial charge in [-0.15, -0.1) is 0 Å². The molecule has 4 rings (SSSR count). The number of fused-ring (bicyclic) bond motifs is 1. The summed E-state index contributed by atoms with van der Waals surface area (Å²) in [5, 5.41) is 7.88. The summed E-state index contributed by atoms with van der Waals surface area (Å²) in [5.41, 5.74) is 19.4. The maximum Gasteiger partial charge on any atom is 0.184 e. The summed E-state index contributed by atoms with van der Waals surface area (Å²) in [4.78, 5) is 12.2. The van der Waals surface area contributed by atoms with Crippen molar-refractivity contribution < 1.29 is 8.78 Å². The minimum atomic E-state index is -0.585. The Balaban J connectivity index is 1.91. The Morgan fingerprint density at radius 2 is 1.82 bits per heavy atom. The average molecular weight is 381 g/mol. The second-order valence-corrected chi connectivity index (χ2v) is 5.90. The summed E-state index contributed by atoms with van der Waals surface area (Å²) < 4.78 is 29.3. The zero-order chi connectivity index (χ0) is 19.8. The van der Waals surface area contributed by atoms with Gasteiger partial charge in [0.15, 0.2) is 28.8 Å². The predicted molar refractivity (Wildman–Crippen MR) is 97.6 cm³/mol. The fraction of sp³-hybridized carbons (Fsp3) is 0.0588. The van der Waals surface area contributed by atoms with Crippen LogP contribution in [0.2, 0.25) is 0 Å². The Kier molecular flexibility index (Phi) is 4.11. The van der Waals surface area contributed by atoms with Crippen molar-refractivity contribution in [3.8, 4) is 11.5 Å². The van der Waals surface area contributed by atoms with Crippen LogP contribution in [0.25, 0.3) is 22.6 Å². The monoisotopic (exact) mass is 381 g/mol. The first-order valence-corrected chi connectivity index (χ1v) is 8.04. The van der Waals surface area contributed by atoms with Crippen LogP contribution in [-0.2, 0) is 6.54 Å². The molecule has 4 aromatic rings. The molecule has 3 aromatic heterocycles. The summed E-state index contributed by atoms with van der Waals surface area (Å²) in [7, 11) is 0. The molecule has 9 nitrogen and oxygen atoms in total. The van der Waals surface area contributed by atoms with Crippen molar-refractivity contribution in [3.05, 3.63) is 53.7 Å². The Morgan fingerprint density at radius 1 is 1.11 bits per heavy atom. The van der Waals surface area contributed by atoms with Gasteiger partial charge in [-0.25, -0.2) is 33.9 Å². The molecule has 0 bridgehead atoms. The van der Waals surface area contributed by atoms with Crippen LogP contribution in [0.15, 0.2) is 41.6 Å². The molecule has 140 valence electrons. The highest BCUT2D eigenvalue weighted by Crippen LogP contribution is 2.31. The molecule has 0 fully saturated rings. The second-order valence-electron chi connectivity index (χ2n) is 5.90. The van der Waals surface area contributed by atoms with E-state index in [4.69, 9.17) is 17.0 Å². The minimum absolute atomic E-state index is 0.0204. The third-order valence-corrected chi connectivity index (χ3v) is 4.09. The smallest absolute Gasteiger partial charge is 0.184 e. The van der Waals surface area contributed by atoms with Crippen LogP contribution >= 0.6 is 0 Å². The van der Waals surface area contributed by atoms with Gasteiger partial charge in [0.25, 0.3) is 0 Å². The van der Waals surface area contributed by atoms with E-state index in [9.17, 15) is 8.78 Å². The van der Waals surface area contributed by atoms with E-state index in [0.29, 0.717) is 16.6 Å². The van der Waals surface area contributed by atoms with Gasteiger partial charge in [0, 0.05) is 5.56 Å². The summed E-state index contributed by atoms with van der Waals surface area (Å²) in [6.07, 6.45) is 1.04. The Labute approximate surface area is 156 Å². The van der Waals surface area contributed by atoms with Gasteiger partial charge >= 0.3 is 0 Å². The van der Waals surface area contributed by atoms with Gasteiger partial charge in [0.2, 0.25) is 0 Å². The normalized spacial score (nSPS) is 11.1. The molecule has 5 N–H and O–H groups in total. The van der Waals surface area contributed by atoms with E-state index < -0.39 is 11.6 Å². The number of nitrogens with one attached hydrogen (secondary N) is 1. The molecular weight excluding hydrogens is 368 g/mol. The summed E-state index contributed by atoms with van der Waals surface area (Å²) in [6, 6.07) is 7.45. The highest BCUT2D eigenvalue weighted by molar-refractivity contribution is 5.90. The number of nitrogens with two attached hydrogens (primary N) is 2. The van der Waals surface area contributed by atoms with Gasteiger partial charge < -0.3 is 11.5 Å². The third kappa shape index (κ3) is 2.88. The molecule has 0 aliphatic rings. The van der Waals surface area contributed by atoms with Gasteiger partial charge in [0.05, 0.1) is 18.1 Å². The van der Waals surface area contributed by atoms with Gasteiger partial charge in [0.1, 0.15) is 17.3 Å². The Bertz CT molecular complexity index is 1200. The van der Waals surface area contributed by atoms with Crippen molar-refractivity contribution >= 4 is 28.4 Å². The first kappa shape index (κ1) is 17.4. The lowest BCUT2D eigenvalue weighted by atomic mass is 10.2. The quantitative estimate of drug-likeness (QED) is 0.463. The molecule has 0 unspecified atom stereocenters. The van der Waals surface area contributed by atoms with Crippen LogP contribution in [0, 0.1) is 17.2 Å². The number of hydrogen-bond acceptors (Lipinski definition) is 8. The standard InChI is InChI=1S/C17H13F2N9/c18-9-5-10-12(16-24-14(20)13(26-22)15(21)25-16)27-28(17(10)23-6-9)7-8-3-1-2-4-11(8)19/h1-6,22H,7H2,(H4,20,21,24,25). The lowest BCUT2D eigenvalue weighted by Gasteiger charge is -2.05. The maximum absolute atomic E-state index is 14.1. The van der Waals surface area contributed by atoms with Crippen LogP contribution in [0.5, 0.6) is 0 Å². The number of halogens is 2. The SMILES string of the molecule is N=Nc1c(N)nc(-c2nn(Cc3ccccc3F)c3ncc(F)cc23)nc1N. The van der Waals surface area contributed by atoms with Crippen LogP contribution in [0.1, 0.15) is 5.56 Å². The summed E-state index contributed by atoms with van der Waals surface area (Å²) >= 11 is 0. The van der Waals surface area contributed by atoms with E-state index in [1.54, 1.807) is 18.2 Å². The minimum Gasteiger partial charge on any atom is -0.382 e. The molecule has 0 aliphatic carbocycles. The second kappa shape index (κ2) is 6.61. The molecule has 0 amide bonds. The van der Waals surface area contributed by atoms with E-state index in [2.05, 4.69) is 25.2 Å². The molecule has 11 heteroatoms. The molecule has 0 radical (unpaired) electrons. The molecule has 0 spiro atoms. The lowest BCUT2D eigenvalue weighted by molar-refractivity contribution is 0.588. The van der Waals surface area contributed by atoms with Crippen molar-refractivity contribution in [3.63, 3.8) is 0 Å². The van der Waals surface area contributed by atoms with E-state index in [0.717, 1.165) is 6.20 Å². The zero-order valence-corrected chi connectivity index (χ0v) is 14.3. The number of rotatable bonds is 4. The lowest BCUT2D eigenvalue weighted by Crippen LogP contribution is -2.05. The van der Waals surface area contributed by atoms with E-state index in [-0.39, 0.29) is 35.4 Å². The van der Waals surface area contributed by atoms with Crippen LogP contribution < -0.4 is 11.5 Å². The third-order valence-electron chi connectivity index (χ3n) is 4.09. The van der Waals surface area contributed by atoms with Gasteiger partial charge in [-0.3, -0.25) is 0 Å². The van der Waals surface area contributed by atoms with Crippen molar-refractivity contribution in [1.29, 1.82) is 5.53 Å². The van der Waals surface area contributed by atoms with Crippen LogP contribution in [0.4, 0.5) is 26.1 Å². The highest BCUT2D eigenvalue weighted by atomic mass is 19.1. The van der Waals surface area contributed by atoms with E-state index in [1.165, 1.54) is 16.8 Å². The Hall–Kier alpha value is -4.02. The molecule has 0 saturated carbocycles. The molecule has 0 aliphatic heterocycles. The van der Waals surface area contributed by atoms with Crippen molar-refractivity contribution in [2.45, 2.75) is 6.54 Å². The number of nitrogens with zero attached hydrogens (tertiary/aromatic N) is 6. The van der Waals surface area contributed by atoms with E-state index >= 15 is 0 Å². The predicted octanol–water partition coefficient (Wildman–Crippen LogP) is 3.04. The van der Waals surface area contributed by atoms with Crippen molar-refractivity contribution in [2.75, 3.05) is 11.5 Å². The number of nitrogen functional groups attached to an aromatic ring is 2. The number of benzene rings is 1. The first-order valence-electron chi connectivity index (χ1n) is 8.04. The summed E-state index contributed by atoms with van der Waals surface area (Å²) in [6.45, 7) is 0.0624. The fourth-order valence-corrected chi connectivity index (χ4v) is 2.81. The maximum atomic E-state index is 14.1. The molecule has 0 saturated heterocycles. The number of hydrogen-bond donors (Lipinski definition) is 3. The first-order chi connectivity index (χ1) is 13.5. The van der Waals surface area contributed by atoms with Gasteiger partial charge in [-0.1, -0.05) is 18.2 Å². The number of pyridine rings is 1. The van der Waals surface area contributed by atoms with E-state index in [1.807, 2.05) is 0 Å². The van der Waals surface area contributed by atoms with Gasteiger partial charge in [-0.05, 0) is 12.1 Å². The van der Waals surface area contributed by atoms with Gasteiger partial charge in [-0.2, -0.15) is 10.2 Å². The molecule has 1 aromatic carbocycles. The molecule has 28 heavy (non-hydrogen) atoms. The topological polar surface area (TPSA) is 145 Å². The largest absolute Gasteiger partial charge is 0.382 e. The van der Waals surface area contributed by atoms with Crippen LogP contribution in [0.3, 0.4) is 0 Å². The van der Waals surface area contributed by atoms with Crippen LogP contribution in [-0.4, -0.2) is 24.7 Å². The molecular formula is C17H13F2N9. The molecule has 0 atom stereocenters. The fourth-order valence-electron chi connectivity index (χ4n) is 2.81. The average Bonchev–Trinajstić information content (AvgIpc) is 3.01. The zero-order valence-electron chi connectivity index (χ0n) is 14.3. The molecule has 3 heterocycles. The van der Waals surface area contributed by atoms with Crippen molar-refractivity contribution in [1.82, 2.24) is 24.7 Å². The van der Waals surface area contributed by atoms with Crippen molar-refractivity contribution in [2.24, 2.45) is 5.11 Å².